The molecule has 0 unspecified atom stereocenters. The van der Waals surface area contributed by atoms with Gasteiger partial charge in [0.1, 0.15) is 0 Å². The Labute approximate surface area is 111 Å². The summed E-state index contributed by atoms with van der Waals surface area (Å²) in [5.41, 5.74) is 5.06. The number of aliphatic hydroxyl groups excluding tert-OH is 2. The molecule has 0 radical (unpaired) electrons. The smallest absolute Gasteiger partial charge is 0.0698 e. The molecule has 6 nitrogen and oxygen atoms in total. The monoisotopic (exact) mass is 266 g/mol. The number of hydrogen-bond donors (Lipinski definition) is 3. The van der Waals surface area contributed by atoms with E-state index in [-0.39, 0.29) is 13.2 Å². The Hall–Kier alpha value is -0.240. The standard InChI is InChI=1S/C8H19NO2.C4H11NO2/c1-3-9(4-2)5-7-11-8-6-10;5-1-3-7-4-2-6/h10H,3-8H2,1-2H3;6H,1-5H2. The zero-order chi connectivity index (χ0) is 14.1. The van der Waals surface area contributed by atoms with Crippen molar-refractivity contribution >= 4 is 0 Å². The zero-order valence-electron chi connectivity index (χ0n) is 11.8. The van der Waals surface area contributed by atoms with Gasteiger partial charge in [-0.1, -0.05) is 13.8 Å². The number of ether oxygens (including phenoxy) is 2. The minimum absolute atomic E-state index is 0.0833. The minimum Gasteiger partial charge on any atom is -0.394 e. The van der Waals surface area contributed by atoms with Crippen LogP contribution < -0.4 is 5.73 Å². The summed E-state index contributed by atoms with van der Waals surface area (Å²) in [6.45, 7) is 10.2. The van der Waals surface area contributed by atoms with Crippen molar-refractivity contribution in [3.63, 3.8) is 0 Å². The van der Waals surface area contributed by atoms with E-state index in [1.54, 1.807) is 0 Å². The molecule has 0 amide bonds. The second kappa shape index (κ2) is 19.1. The summed E-state index contributed by atoms with van der Waals surface area (Å²) < 4.78 is 9.88. The largest absolute Gasteiger partial charge is 0.394 e. The molecule has 0 fully saturated rings. The predicted octanol–water partition coefficient (Wildman–Crippen LogP) is -0.709. The van der Waals surface area contributed by atoms with E-state index in [2.05, 4.69) is 18.7 Å². The number of nitrogens with two attached hydrogens (primary N) is 1. The third-order valence-corrected chi connectivity index (χ3v) is 2.18. The van der Waals surface area contributed by atoms with Crippen molar-refractivity contribution in [1.82, 2.24) is 4.90 Å². The fourth-order valence-corrected chi connectivity index (χ4v) is 1.15. The molecular formula is C12H30N2O4. The van der Waals surface area contributed by atoms with Gasteiger partial charge >= 0.3 is 0 Å². The Morgan fingerprint density at radius 3 is 1.78 bits per heavy atom. The maximum absolute atomic E-state index is 8.41. The molecule has 0 spiro atoms. The van der Waals surface area contributed by atoms with E-state index in [0.717, 1.165) is 26.2 Å². The molecular weight excluding hydrogens is 236 g/mol. The van der Waals surface area contributed by atoms with E-state index in [4.69, 9.17) is 25.4 Å². The molecule has 18 heavy (non-hydrogen) atoms. The van der Waals surface area contributed by atoms with Crippen LogP contribution >= 0.6 is 0 Å². The highest BCUT2D eigenvalue weighted by atomic mass is 16.5. The molecule has 0 aromatic heterocycles. The minimum atomic E-state index is 0.0833. The van der Waals surface area contributed by atoms with Gasteiger partial charge in [-0.2, -0.15) is 0 Å². The lowest BCUT2D eigenvalue weighted by atomic mass is 10.5. The molecule has 0 aliphatic heterocycles. The van der Waals surface area contributed by atoms with Crippen LogP contribution in [0.1, 0.15) is 13.8 Å². The van der Waals surface area contributed by atoms with Gasteiger partial charge in [-0.25, -0.2) is 0 Å². The predicted molar refractivity (Wildman–Crippen MR) is 72.7 cm³/mol. The highest BCUT2D eigenvalue weighted by Gasteiger charge is 1.96. The first kappa shape index (κ1) is 20.1. The van der Waals surface area contributed by atoms with Crippen LogP contribution in [0.15, 0.2) is 0 Å². The van der Waals surface area contributed by atoms with Gasteiger partial charge in [0, 0.05) is 13.1 Å². The fraction of sp³-hybridized carbons (Fsp3) is 1.00. The number of nitrogens with zero attached hydrogens (tertiary/aromatic N) is 1. The highest BCUT2D eigenvalue weighted by Crippen LogP contribution is 1.86. The Kier molecular flexibility index (Phi) is 21.3. The van der Waals surface area contributed by atoms with Crippen LogP contribution in [0.3, 0.4) is 0 Å². The summed E-state index contributed by atoms with van der Waals surface area (Å²) >= 11 is 0. The normalized spacial score (nSPS) is 10.3. The summed E-state index contributed by atoms with van der Waals surface area (Å²) in [5.74, 6) is 0. The SMILES string of the molecule is CCN(CC)CCOCCO.NCCOCCO. The van der Waals surface area contributed by atoms with Crippen molar-refractivity contribution in [2.24, 2.45) is 5.73 Å². The average Bonchev–Trinajstić information content (AvgIpc) is 2.40. The molecule has 6 heteroatoms. The van der Waals surface area contributed by atoms with E-state index in [1.807, 2.05) is 0 Å². The molecule has 0 saturated heterocycles. The van der Waals surface area contributed by atoms with E-state index in [1.165, 1.54) is 0 Å². The van der Waals surface area contributed by atoms with Gasteiger partial charge < -0.3 is 30.3 Å². The second-order valence-electron chi connectivity index (χ2n) is 3.49. The van der Waals surface area contributed by atoms with Crippen molar-refractivity contribution in [1.29, 1.82) is 0 Å². The lowest BCUT2D eigenvalue weighted by molar-refractivity contribution is 0.0757. The quantitative estimate of drug-likeness (QED) is 0.428. The Bertz CT molecular complexity index is 131. The van der Waals surface area contributed by atoms with Gasteiger partial charge in [0.05, 0.1) is 39.6 Å². The number of likely N-dealkylation sites (N-methyl/N-ethyl adjacent to an activating group) is 1. The Morgan fingerprint density at radius 1 is 0.889 bits per heavy atom. The lowest BCUT2D eigenvalue weighted by Gasteiger charge is -2.17. The number of aliphatic hydroxyl groups is 2. The first-order valence-corrected chi connectivity index (χ1v) is 6.56. The third-order valence-electron chi connectivity index (χ3n) is 2.18. The first-order valence-electron chi connectivity index (χ1n) is 6.56. The molecule has 0 aromatic rings. The third kappa shape index (κ3) is 18.1. The highest BCUT2D eigenvalue weighted by molar-refractivity contribution is 4.49. The van der Waals surface area contributed by atoms with Crippen molar-refractivity contribution in [2.45, 2.75) is 13.8 Å². The van der Waals surface area contributed by atoms with Crippen LogP contribution in [0, 0.1) is 0 Å². The van der Waals surface area contributed by atoms with Crippen LogP contribution in [-0.2, 0) is 9.47 Å². The second-order valence-corrected chi connectivity index (χ2v) is 3.49. The van der Waals surface area contributed by atoms with Gasteiger partial charge in [0.2, 0.25) is 0 Å². The van der Waals surface area contributed by atoms with Gasteiger partial charge in [0.25, 0.3) is 0 Å². The van der Waals surface area contributed by atoms with Crippen molar-refractivity contribution in [3.05, 3.63) is 0 Å². The number of rotatable bonds is 11. The average molecular weight is 266 g/mol. The molecule has 4 N–H and O–H groups in total. The van der Waals surface area contributed by atoms with E-state index >= 15 is 0 Å². The Morgan fingerprint density at radius 2 is 1.39 bits per heavy atom. The van der Waals surface area contributed by atoms with Crippen LogP contribution in [0.2, 0.25) is 0 Å². The molecule has 0 aliphatic carbocycles. The van der Waals surface area contributed by atoms with Crippen molar-refractivity contribution in [2.75, 3.05) is 65.8 Å². The van der Waals surface area contributed by atoms with Crippen molar-refractivity contribution in [3.8, 4) is 0 Å². The van der Waals surface area contributed by atoms with Crippen LogP contribution in [0.4, 0.5) is 0 Å². The summed E-state index contributed by atoms with van der Waals surface area (Å²) in [5, 5.41) is 16.5. The molecule has 0 saturated carbocycles. The van der Waals surface area contributed by atoms with E-state index in [0.29, 0.717) is 26.4 Å². The summed E-state index contributed by atoms with van der Waals surface area (Å²) in [4.78, 5) is 2.29. The summed E-state index contributed by atoms with van der Waals surface area (Å²) in [6.07, 6.45) is 0. The maximum atomic E-state index is 8.41. The molecule has 0 rings (SSSR count). The molecule has 112 valence electrons. The summed E-state index contributed by atoms with van der Waals surface area (Å²) in [7, 11) is 0. The lowest BCUT2D eigenvalue weighted by Crippen LogP contribution is -2.27. The maximum Gasteiger partial charge on any atom is 0.0698 e. The Balaban J connectivity index is 0. The van der Waals surface area contributed by atoms with Gasteiger partial charge in [-0.15, -0.1) is 0 Å². The molecule has 0 bridgehead atoms. The topological polar surface area (TPSA) is 88.2 Å². The van der Waals surface area contributed by atoms with Gasteiger partial charge in [0.15, 0.2) is 0 Å². The van der Waals surface area contributed by atoms with Crippen LogP contribution in [-0.4, -0.2) is 80.9 Å². The fourth-order valence-electron chi connectivity index (χ4n) is 1.15. The summed E-state index contributed by atoms with van der Waals surface area (Å²) in [6, 6.07) is 0. The van der Waals surface area contributed by atoms with Crippen molar-refractivity contribution < 1.29 is 19.7 Å². The van der Waals surface area contributed by atoms with Gasteiger partial charge in [-0.3, -0.25) is 0 Å². The van der Waals surface area contributed by atoms with E-state index < -0.39 is 0 Å². The van der Waals surface area contributed by atoms with Crippen LogP contribution in [0.5, 0.6) is 0 Å². The first-order chi connectivity index (χ1) is 8.76. The molecule has 0 aliphatic rings. The zero-order valence-corrected chi connectivity index (χ0v) is 11.8. The van der Waals surface area contributed by atoms with Crippen LogP contribution in [0.25, 0.3) is 0 Å². The van der Waals surface area contributed by atoms with Gasteiger partial charge in [-0.05, 0) is 13.1 Å². The molecule has 0 atom stereocenters. The van der Waals surface area contributed by atoms with E-state index in [9.17, 15) is 0 Å². The molecule has 0 aromatic carbocycles. The number of hydrogen-bond acceptors (Lipinski definition) is 6. The molecule has 0 heterocycles.